The van der Waals surface area contributed by atoms with Gasteiger partial charge in [0.2, 0.25) is 11.1 Å². The molecule has 0 unspecified atom stereocenters. The van der Waals surface area contributed by atoms with Gasteiger partial charge in [-0.05, 0) is 23.8 Å². The van der Waals surface area contributed by atoms with Crippen molar-refractivity contribution in [1.29, 1.82) is 0 Å². The molecule has 0 aliphatic rings. The van der Waals surface area contributed by atoms with Crippen molar-refractivity contribution in [3.05, 3.63) is 72.3 Å². The molecule has 0 bridgehead atoms. The first-order chi connectivity index (χ1) is 13.7. The average molecular weight is 393 g/mol. The summed E-state index contributed by atoms with van der Waals surface area (Å²) in [6.45, 7) is 0. The van der Waals surface area contributed by atoms with Gasteiger partial charge in [0.05, 0.1) is 5.75 Å². The monoisotopic (exact) mass is 393 g/mol. The van der Waals surface area contributed by atoms with Gasteiger partial charge in [0, 0.05) is 11.9 Å². The molecular formula is C19H19N7OS. The van der Waals surface area contributed by atoms with Crippen LogP contribution in [0, 0.1) is 0 Å². The molecule has 1 heterocycles. The normalized spacial score (nSPS) is 11.1. The number of thioether (sulfide) groups is 1. The number of carbonyl (C=O) groups excluding carboxylic acids is 1. The summed E-state index contributed by atoms with van der Waals surface area (Å²) in [4.78, 5) is 12.0. The number of amides is 1. The highest BCUT2D eigenvalue weighted by molar-refractivity contribution is 7.99. The number of benzene rings is 2. The minimum Gasteiger partial charge on any atom is -0.334 e. The van der Waals surface area contributed by atoms with Gasteiger partial charge in [0.15, 0.2) is 0 Å². The number of aromatic nitrogens is 3. The van der Waals surface area contributed by atoms with E-state index >= 15 is 0 Å². The molecule has 142 valence electrons. The molecule has 0 aliphatic carbocycles. The largest absolute Gasteiger partial charge is 0.334 e. The standard InChI is InChI=1S/C19H19N7OS/c20-26-18(23-21-13-7-10-15-8-3-1-4-9-15)24-25-19(26)28-14-17(27)22-16-11-5-2-6-12-16/h1-13H,14,20H2,(H,22,27)(H,23,24)/b10-7+,21-13+. The SMILES string of the molecule is Nn1c(N/N=C/C=C/c2ccccc2)nnc1SCC(=O)Nc1ccccc1. The Labute approximate surface area is 166 Å². The zero-order valence-corrected chi connectivity index (χ0v) is 15.7. The van der Waals surface area contributed by atoms with Crippen molar-refractivity contribution in [1.82, 2.24) is 14.9 Å². The number of nitrogens with one attached hydrogen (secondary N) is 2. The first-order valence-corrected chi connectivity index (χ1v) is 9.40. The molecule has 0 fully saturated rings. The number of nitrogen functional groups attached to an aromatic ring is 1. The summed E-state index contributed by atoms with van der Waals surface area (Å²) in [7, 11) is 0. The number of anilines is 2. The fourth-order valence-electron chi connectivity index (χ4n) is 2.16. The predicted octanol–water partition coefficient (Wildman–Crippen LogP) is 2.83. The highest BCUT2D eigenvalue weighted by Crippen LogP contribution is 2.17. The number of hydrogen-bond donors (Lipinski definition) is 3. The Morgan fingerprint density at radius 1 is 1.11 bits per heavy atom. The molecule has 3 rings (SSSR count). The maximum atomic E-state index is 12.0. The maximum Gasteiger partial charge on any atom is 0.264 e. The van der Waals surface area contributed by atoms with Crippen LogP contribution in [0.3, 0.4) is 0 Å². The highest BCUT2D eigenvalue weighted by atomic mass is 32.2. The van der Waals surface area contributed by atoms with Gasteiger partial charge in [-0.3, -0.25) is 4.79 Å². The number of nitrogens with zero attached hydrogens (tertiary/aromatic N) is 4. The highest BCUT2D eigenvalue weighted by Gasteiger charge is 2.11. The van der Waals surface area contributed by atoms with Gasteiger partial charge in [0.25, 0.3) is 5.95 Å². The molecule has 0 saturated heterocycles. The van der Waals surface area contributed by atoms with Crippen LogP contribution in [0.4, 0.5) is 11.6 Å². The summed E-state index contributed by atoms with van der Waals surface area (Å²) in [6.07, 6.45) is 5.30. The van der Waals surface area contributed by atoms with Crippen LogP contribution in [0.1, 0.15) is 5.56 Å². The third kappa shape index (κ3) is 5.71. The van der Waals surface area contributed by atoms with Crippen LogP contribution in [0.25, 0.3) is 6.08 Å². The van der Waals surface area contributed by atoms with E-state index in [1.165, 1.54) is 16.4 Å². The lowest BCUT2D eigenvalue weighted by Crippen LogP contribution is -2.16. The molecule has 0 spiro atoms. The zero-order chi connectivity index (χ0) is 19.6. The van der Waals surface area contributed by atoms with Crippen LogP contribution in [-0.2, 0) is 4.79 Å². The molecule has 0 radical (unpaired) electrons. The quantitative estimate of drug-likeness (QED) is 0.235. The van der Waals surface area contributed by atoms with Gasteiger partial charge in [-0.2, -0.15) is 5.10 Å². The smallest absolute Gasteiger partial charge is 0.264 e. The number of hydrazone groups is 1. The maximum absolute atomic E-state index is 12.0. The Bertz CT molecular complexity index is 955. The van der Waals surface area contributed by atoms with E-state index in [2.05, 4.69) is 26.0 Å². The fourth-order valence-corrected chi connectivity index (χ4v) is 2.81. The molecule has 9 heteroatoms. The fraction of sp³-hybridized carbons (Fsp3) is 0.0526. The van der Waals surface area contributed by atoms with Crippen LogP contribution in [0.15, 0.2) is 77.0 Å². The first-order valence-electron chi connectivity index (χ1n) is 8.41. The van der Waals surface area contributed by atoms with E-state index < -0.39 is 0 Å². The molecule has 1 aromatic heterocycles. The Kier molecular flexibility index (Phi) is 6.80. The van der Waals surface area contributed by atoms with Gasteiger partial charge in [-0.25, -0.2) is 10.1 Å². The Morgan fingerprint density at radius 2 is 1.82 bits per heavy atom. The number of hydrogen-bond acceptors (Lipinski definition) is 7. The van der Waals surface area contributed by atoms with Crippen molar-refractivity contribution < 1.29 is 4.79 Å². The molecule has 2 aromatic carbocycles. The third-order valence-corrected chi connectivity index (χ3v) is 4.41. The van der Waals surface area contributed by atoms with E-state index in [0.29, 0.717) is 5.16 Å². The van der Waals surface area contributed by atoms with Crippen LogP contribution < -0.4 is 16.6 Å². The Morgan fingerprint density at radius 3 is 2.57 bits per heavy atom. The van der Waals surface area contributed by atoms with Gasteiger partial charge in [-0.1, -0.05) is 66.4 Å². The summed E-state index contributed by atoms with van der Waals surface area (Å²) < 4.78 is 1.25. The van der Waals surface area contributed by atoms with Crippen molar-refractivity contribution in [2.45, 2.75) is 5.16 Å². The first kappa shape index (κ1) is 19.2. The number of rotatable bonds is 8. The minimum absolute atomic E-state index is 0.155. The average Bonchev–Trinajstić information content (AvgIpc) is 3.07. The van der Waals surface area contributed by atoms with Crippen molar-refractivity contribution in [3.8, 4) is 0 Å². The number of allylic oxidation sites excluding steroid dienone is 1. The Hall–Kier alpha value is -3.59. The van der Waals surface area contributed by atoms with Gasteiger partial charge < -0.3 is 11.2 Å². The molecule has 4 N–H and O–H groups in total. The molecular weight excluding hydrogens is 374 g/mol. The molecule has 1 amide bonds. The lowest BCUT2D eigenvalue weighted by Gasteiger charge is -2.04. The van der Waals surface area contributed by atoms with Crippen molar-refractivity contribution >= 4 is 41.6 Å². The van der Waals surface area contributed by atoms with Crippen LogP contribution in [0.2, 0.25) is 0 Å². The number of para-hydroxylation sites is 1. The van der Waals surface area contributed by atoms with Crippen LogP contribution in [-0.4, -0.2) is 32.7 Å². The van der Waals surface area contributed by atoms with E-state index in [1.807, 2.05) is 66.7 Å². The van der Waals surface area contributed by atoms with Gasteiger partial charge in [-0.15, -0.1) is 10.2 Å². The van der Waals surface area contributed by atoms with Crippen molar-refractivity contribution in [2.24, 2.45) is 5.10 Å². The van der Waals surface area contributed by atoms with Crippen LogP contribution >= 0.6 is 11.8 Å². The number of nitrogens with two attached hydrogens (primary N) is 1. The van der Waals surface area contributed by atoms with E-state index in [9.17, 15) is 4.79 Å². The Balaban J connectivity index is 1.47. The minimum atomic E-state index is -0.155. The van der Waals surface area contributed by atoms with Crippen LogP contribution in [0.5, 0.6) is 0 Å². The summed E-state index contributed by atoms with van der Waals surface area (Å²) >= 11 is 1.18. The molecule has 3 aromatic rings. The second kappa shape index (κ2) is 9.93. The molecule has 0 atom stereocenters. The summed E-state index contributed by atoms with van der Waals surface area (Å²) in [5.74, 6) is 6.21. The molecule has 0 saturated carbocycles. The van der Waals surface area contributed by atoms with Gasteiger partial charge >= 0.3 is 0 Å². The number of carbonyl (C=O) groups is 1. The lowest BCUT2D eigenvalue weighted by molar-refractivity contribution is -0.113. The summed E-state index contributed by atoms with van der Waals surface area (Å²) in [5.41, 5.74) is 4.53. The van der Waals surface area contributed by atoms with E-state index in [1.54, 1.807) is 12.3 Å². The van der Waals surface area contributed by atoms with Crippen molar-refractivity contribution in [3.63, 3.8) is 0 Å². The van der Waals surface area contributed by atoms with E-state index in [-0.39, 0.29) is 17.6 Å². The topological polar surface area (TPSA) is 110 Å². The lowest BCUT2D eigenvalue weighted by atomic mass is 10.2. The molecule has 8 nitrogen and oxygen atoms in total. The zero-order valence-electron chi connectivity index (χ0n) is 14.9. The van der Waals surface area contributed by atoms with Crippen molar-refractivity contribution in [2.75, 3.05) is 22.3 Å². The van der Waals surface area contributed by atoms with Gasteiger partial charge in [0.1, 0.15) is 0 Å². The summed E-state index contributed by atoms with van der Waals surface area (Å²) in [6, 6.07) is 19.1. The van der Waals surface area contributed by atoms with E-state index in [0.717, 1.165) is 11.3 Å². The second-order valence-corrected chi connectivity index (χ2v) is 6.48. The van der Waals surface area contributed by atoms with E-state index in [4.69, 9.17) is 5.84 Å². The second-order valence-electron chi connectivity index (χ2n) is 5.54. The third-order valence-electron chi connectivity index (χ3n) is 3.47. The summed E-state index contributed by atoms with van der Waals surface area (Å²) in [5, 5.41) is 15.1. The predicted molar refractivity (Wildman–Crippen MR) is 114 cm³/mol. The molecule has 0 aliphatic heterocycles. The molecule has 28 heavy (non-hydrogen) atoms.